The highest BCUT2D eigenvalue weighted by Gasteiger charge is 2.35. The second-order valence-corrected chi connectivity index (χ2v) is 3.41. The van der Waals surface area contributed by atoms with Gasteiger partial charge in [-0.3, -0.25) is 14.5 Å². The van der Waals surface area contributed by atoms with Gasteiger partial charge in [0.25, 0.3) is 11.1 Å². The van der Waals surface area contributed by atoms with Crippen LogP contribution in [0.2, 0.25) is 0 Å². The topological polar surface area (TPSA) is 77.8 Å². The fourth-order valence-electron chi connectivity index (χ4n) is 0.912. The Morgan fingerprint density at radius 2 is 2.15 bits per heavy atom. The predicted molar refractivity (Wildman–Crippen MR) is 46.7 cm³/mol. The third-order valence-electron chi connectivity index (χ3n) is 1.48. The zero-order valence-electron chi connectivity index (χ0n) is 6.93. The van der Waals surface area contributed by atoms with Gasteiger partial charge in [0, 0.05) is 0 Å². The molecule has 0 aromatic heterocycles. The molecule has 1 saturated heterocycles. The van der Waals surface area contributed by atoms with Gasteiger partial charge >= 0.3 is 0 Å². The number of carbonyl (C=O) groups excluding carboxylic acids is 2. The molecule has 1 aliphatic heterocycles. The summed E-state index contributed by atoms with van der Waals surface area (Å²) in [5, 5.41) is 16.7. The summed E-state index contributed by atoms with van der Waals surface area (Å²) in [6, 6.07) is 0. The van der Waals surface area contributed by atoms with Gasteiger partial charge in [-0.2, -0.15) is 0 Å². The highest BCUT2D eigenvalue weighted by atomic mass is 32.2. The smallest absolute Gasteiger partial charge is 0.293 e. The average molecular weight is 203 g/mol. The first-order valence-corrected chi connectivity index (χ1v) is 4.44. The molecule has 1 rings (SSSR count). The van der Waals surface area contributed by atoms with Crippen molar-refractivity contribution >= 4 is 22.9 Å². The van der Waals surface area contributed by atoms with Crippen LogP contribution in [0.25, 0.3) is 0 Å². The number of amides is 2. The van der Waals surface area contributed by atoms with E-state index in [4.69, 9.17) is 10.2 Å². The number of rotatable bonds is 2. The minimum atomic E-state index is -1.68. The normalized spacial score (nSPS) is 20.9. The fourth-order valence-corrected chi connectivity index (χ4v) is 1.68. The van der Waals surface area contributed by atoms with Crippen LogP contribution >= 0.6 is 11.8 Å². The minimum absolute atomic E-state index is 0.325. The van der Waals surface area contributed by atoms with Crippen molar-refractivity contribution in [2.24, 2.45) is 0 Å². The van der Waals surface area contributed by atoms with Crippen LogP contribution < -0.4 is 0 Å². The first-order chi connectivity index (χ1) is 6.06. The Morgan fingerprint density at radius 3 is 2.54 bits per heavy atom. The molecule has 0 atom stereocenters. The Labute approximate surface area is 79.0 Å². The Balaban J connectivity index is 2.76. The van der Waals surface area contributed by atoms with E-state index >= 15 is 0 Å². The predicted octanol–water partition coefficient (Wildman–Crippen LogP) is -0.104. The number of carbonyl (C=O) groups is 2. The SMILES string of the molecule is C/C=C1\SC(=O)N(CC(O)O)C1=O. The summed E-state index contributed by atoms with van der Waals surface area (Å²) in [5.41, 5.74) is 0. The van der Waals surface area contributed by atoms with Crippen LogP contribution in [-0.2, 0) is 4.79 Å². The average Bonchev–Trinajstić information content (AvgIpc) is 2.31. The van der Waals surface area contributed by atoms with Crippen molar-refractivity contribution in [1.29, 1.82) is 0 Å². The van der Waals surface area contributed by atoms with Crippen LogP contribution in [0.3, 0.4) is 0 Å². The third kappa shape index (κ3) is 2.09. The molecule has 0 unspecified atom stereocenters. The molecule has 0 spiro atoms. The lowest BCUT2D eigenvalue weighted by Crippen LogP contribution is -2.35. The van der Waals surface area contributed by atoms with Gasteiger partial charge in [0.15, 0.2) is 6.29 Å². The van der Waals surface area contributed by atoms with E-state index in [9.17, 15) is 9.59 Å². The van der Waals surface area contributed by atoms with E-state index in [1.165, 1.54) is 6.08 Å². The molecule has 5 nitrogen and oxygen atoms in total. The molecule has 0 aromatic rings. The van der Waals surface area contributed by atoms with Crippen LogP contribution in [-0.4, -0.2) is 39.1 Å². The minimum Gasteiger partial charge on any atom is -0.367 e. The van der Waals surface area contributed by atoms with Gasteiger partial charge in [0.1, 0.15) is 0 Å². The Hall–Kier alpha value is -0.850. The van der Waals surface area contributed by atoms with Crippen LogP contribution in [0, 0.1) is 0 Å². The number of β-amino-alcohol motifs (C(OH)–C–C–N with tert-alkyl or cyclic N) is 2. The lowest BCUT2D eigenvalue weighted by molar-refractivity contribution is -0.127. The summed E-state index contributed by atoms with van der Waals surface area (Å²) in [4.78, 5) is 23.5. The molecule has 1 fully saturated rings. The fraction of sp³-hybridized carbons (Fsp3) is 0.429. The monoisotopic (exact) mass is 203 g/mol. The molecule has 0 bridgehead atoms. The van der Waals surface area contributed by atoms with E-state index in [2.05, 4.69) is 0 Å². The van der Waals surface area contributed by atoms with Crippen LogP contribution in [0.4, 0.5) is 4.79 Å². The maximum Gasteiger partial charge on any atom is 0.293 e. The molecule has 6 heteroatoms. The summed E-state index contributed by atoms with van der Waals surface area (Å²) in [7, 11) is 0. The van der Waals surface area contributed by atoms with Gasteiger partial charge in [-0.1, -0.05) is 6.08 Å². The molecule has 72 valence electrons. The Kier molecular flexibility index (Phi) is 3.07. The van der Waals surface area contributed by atoms with Crippen molar-refractivity contribution in [2.75, 3.05) is 6.54 Å². The lowest BCUT2D eigenvalue weighted by Gasteiger charge is -2.12. The second-order valence-electron chi connectivity index (χ2n) is 2.42. The number of aliphatic hydroxyl groups excluding tert-OH is 1. The molecule has 2 amide bonds. The molecule has 1 heterocycles. The van der Waals surface area contributed by atoms with Crippen molar-refractivity contribution < 1.29 is 19.8 Å². The first kappa shape index (κ1) is 10.2. The Morgan fingerprint density at radius 1 is 1.54 bits per heavy atom. The van der Waals surface area contributed by atoms with Crippen molar-refractivity contribution in [1.82, 2.24) is 4.90 Å². The zero-order chi connectivity index (χ0) is 10.0. The summed E-state index contributed by atoms with van der Waals surface area (Å²) in [5.74, 6) is -0.467. The van der Waals surface area contributed by atoms with Crippen molar-refractivity contribution in [3.8, 4) is 0 Å². The standard InChI is InChI=1S/C7H9NO4S/c1-2-4-6(11)8(3-5(9)10)7(12)13-4/h2,5,9-10H,3H2,1H3/b4-2-. The number of thioether (sulfide) groups is 1. The molecular weight excluding hydrogens is 194 g/mol. The van der Waals surface area contributed by atoms with Gasteiger partial charge in [-0.05, 0) is 18.7 Å². The second kappa shape index (κ2) is 3.91. The Bertz CT molecular complexity index is 274. The van der Waals surface area contributed by atoms with Gasteiger partial charge in [-0.25, -0.2) is 0 Å². The molecule has 0 aliphatic carbocycles. The summed E-state index contributed by atoms with van der Waals surface area (Å²) >= 11 is 0.800. The van der Waals surface area contributed by atoms with E-state index in [-0.39, 0.29) is 6.54 Å². The van der Waals surface area contributed by atoms with Gasteiger partial charge in [0.2, 0.25) is 0 Å². The first-order valence-electron chi connectivity index (χ1n) is 3.62. The molecule has 0 radical (unpaired) electrons. The van der Waals surface area contributed by atoms with Gasteiger partial charge < -0.3 is 10.2 Å². The summed E-state index contributed by atoms with van der Waals surface area (Å²) in [6.07, 6.45) is -0.154. The molecule has 1 aliphatic rings. The summed E-state index contributed by atoms with van der Waals surface area (Å²) < 4.78 is 0. The number of hydrogen-bond donors (Lipinski definition) is 2. The van der Waals surface area contributed by atoms with Gasteiger partial charge in [-0.15, -0.1) is 0 Å². The molecule has 13 heavy (non-hydrogen) atoms. The highest BCUT2D eigenvalue weighted by molar-refractivity contribution is 8.18. The van der Waals surface area contributed by atoms with E-state index in [1.807, 2.05) is 0 Å². The third-order valence-corrected chi connectivity index (χ3v) is 2.51. The van der Waals surface area contributed by atoms with E-state index < -0.39 is 17.4 Å². The number of allylic oxidation sites excluding steroid dienone is 1. The summed E-state index contributed by atoms with van der Waals surface area (Å²) in [6.45, 7) is 1.27. The number of imide groups is 1. The van der Waals surface area contributed by atoms with Gasteiger partial charge in [0.05, 0.1) is 11.4 Å². The van der Waals surface area contributed by atoms with E-state index in [0.717, 1.165) is 16.7 Å². The largest absolute Gasteiger partial charge is 0.367 e. The molecule has 2 N–H and O–H groups in total. The van der Waals surface area contributed by atoms with Crippen molar-refractivity contribution in [3.05, 3.63) is 11.0 Å². The van der Waals surface area contributed by atoms with Crippen LogP contribution in [0.15, 0.2) is 11.0 Å². The lowest BCUT2D eigenvalue weighted by atomic mass is 10.4. The maximum absolute atomic E-state index is 11.3. The quantitative estimate of drug-likeness (QED) is 0.484. The van der Waals surface area contributed by atoms with E-state index in [0.29, 0.717) is 4.91 Å². The van der Waals surface area contributed by atoms with Crippen LogP contribution in [0.5, 0.6) is 0 Å². The highest BCUT2D eigenvalue weighted by Crippen LogP contribution is 2.29. The van der Waals surface area contributed by atoms with Crippen molar-refractivity contribution in [2.45, 2.75) is 13.2 Å². The number of hydrogen-bond acceptors (Lipinski definition) is 5. The maximum atomic E-state index is 11.3. The number of nitrogens with zero attached hydrogens (tertiary/aromatic N) is 1. The zero-order valence-corrected chi connectivity index (χ0v) is 7.74. The van der Waals surface area contributed by atoms with E-state index in [1.54, 1.807) is 6.92 Å². The molecule has 0 aromatic carbocycles. The number of aliphatic hydroxyl groups is 2. The molecular formula is C7H9NO4S. The van der Waals surface area contributed by atoms with Crippen molar-refractivity contribution in [3.63, 3.8) is 0 Å². The van der Waals surface area contributed by atoms with Crippen LogP contribution in [0.1, 0.15) is 6.92 Å². The molecule has 0 saturated carbocycles.